The second-order valence-corrected chi connectivity index (χ2v) is 8.42. The molecule has 0 aliphatic rings. The fourth-order valence-electron chi connectivity index (χ4n) is 3.23. The number of halogens is 3. The first-order valence-corrected chi connectivity index (χ1v) is 10.3. The Morgan fingerprint density at radius 2 is 1.84 bits per heavy atom. The highest BCUT2D eigenvalue weighted by atomic mass is 32.1. The summed E-state index contributed by atoms with van der Waals surface area (Å²) < 4.78 is 42.8. The van der Waals surface area contributed by atoms with Gasteiger partial charge >= 0.3 is 6.18 Å². The summed E-state index contributed by atoms with van der Waals surface area (Å²) in [6.45, 7) is 2.84. The van der Waals surface area contributed by atoms with Crippen molar-refractivity contribution in [1.29, 1.82) is 0 Å². The van der Waals surface area contributed by atoms with Crippen molar-refractivity contribution in [2.75, 3.05) is 0 Å². The van der Waals surface area contributed by atoms with E-state index in [4.69, 9.17) is 0 Å². The molecule has 0 aliphatic carbocycles. The van der Waals surface area contributed by atoms with Gasteiger partial charge in [-0.25, -0.2) is 9.50 Å². The number of rotatable bonds is 5. The molecular formula is C20H19F3N6OS. The number of aromatic nitrogens is 5. The molecule has 0 saturated heterocycles. The number of hydrogen-bond donors (Lipinski definition) is 1. The molecule has 4 rings (SSSR count). The number of amides is 1. The summed E-state index contributed by atoms with van der Waals surface area (Å²) in [7, 11) is 1.82. The molecule has 1 atom stereocenters. The van der Waals surface area contributed by atoms with Crippen LogP contribution in [0.2, 0.25) is 0 Å². The van der Waals surface area contributed by atoms with Crippen LogP contribution in [0.25, 0.3) is 27.9 Å². The molecular weight excluding hydrogens is 429 g/mol. The lowest BCUT2D eigenvalue weighted by Gasteiger charge is -2.24. The lowest BCUT2D eigenvalue weighted by atomic mass is 10.0. The predicted octanol–water partition coefficient (Wildman–Crippen LogP) is 4.18. The van der Waals surface area contributed by atoms with Gasteiger partial charge in [0.2, 0.25) is 0 Å². The van der Waals surface area contributed by atoms with Gasteiger partial charge < -0.3 is 5.32 Å². The van der Waals surface area contributed by atoms with Crippen LogP contribution in [0.15, 0.2) is 42.4 Å². The minimum absolute atomic E-state index is 0.191. The number of fused-ring (bicyclic) bond motifs is 1. The summed E-state index contributed by atoms with van der Waals surface area (Å²) in [4.78, 5) is 17.1. The number of thiophene rings is 1. The zero-order valence-corrected chi connectivity index (χ0v) is 17.7. The van der Waals surface area contributed by atoms with Crippen LogP contribution in [0.3, 0.4) is 0 Å². The summed E-state index contributed by atoms with van der Waals surface area (Å²) in [5.41, 5.74) is 3.66. The number of carbonyl (C=O) groups is 1. The lowest BCUT2D eigenvalue weighted by Crippen LogP contribution is -2.48. The zero-order valence-electron chi connectivity index (χ0n) is 16.9. The number of nitrogens with zero attached hydrogens (tertiary/aromatic N) is 5. The number of carbonyl (C=O) groups excluding carboxylic acids is 1. The van der Waals surface area contributed by atoms with Crippen LogP contribution in [0.5, 0.6) is 0 Å². The Labute approximate surface area is 179 Å². The van der Waals surface area contributed by atoms with Gasteiger partial charge in [0, 0.05) is 42.3 Å². The Kier molecular flexibility index (Phi) is 5.29. The smallest absolute Gasteiger partial charge is 0.339 e. The first kappa shape index (κ1) is 21.0. The standard InChI is InChI=1S/C20H19F3N6OS/c1-11(2)17(20(21,22)23)27-19(30)16-4-12(10-31-16)15-7-26-29-9-13(5-24-18(15)29)14-6-25-28(3)8-14/h4-11,17H,1-3H3,(H,27,30)/t17-/m1/s1. The summed E-state index contributed by atoms with van der Waals surface area (Å²) in [6.07, 6.45) is 4.21. The van der Waals surface area contributed by atoms with E-state index in [2.05, 4.69) is 20.5 Å². The lowest BCUT2D eigenvalue weighted by molar-refractivity contribution is -0.162. The topological polar surface area (TPSA) is 77.1 Å². The van der Waals surface area contributed by atoms with Gasteiger partial charge in [-0.1, -0.05) is 13.8 Å². The van der Waals surface area contributed by atoms with Crippen LogP contribution in [-0.4, -0.2) is 42.5 Å². The molecule has 1 N–H and O–H groups in total. The third-order valence-corrected chi connectivity index (χ3v) is 5.76. The van der Waals surface area contributed by atoms with Crippen LogP contribution in [0.1, 0.15) is 23.5 Å². The highest BCUT2D eigenvalue weighted by Crippen LogP contribution is 2.30. The number of nitrogens with one attached hydrogen (secondary N) is 1. The van der Waals surface area contributed by atoms with E-state index in [1.165, 1.54) is 13.8 Å². The quantitative estimate of drug-likeness (QED) is 0.497. The first-order chi connectivity index (χ1) is 14.6. The predicted molar refractivity (Wildman–Crippen MR) is 111 cm³/mol. The van der Waals surface area contributed by atoms with Crippen LogP contribution in [-0.2, 0) is 7.05 Å². The Balaban J connectivity index is 1.59. The highest BCUT2D eigenvalue weighted by Gasteiger charge is 2.42. The number of alkyl halides is 3. The largest absolute Gasteiger partial charge is 0.408 e. The zero-order chi connectivity index (χ0) is 22.3. The third-order valence-electron chi connectivity index (χ3n) is 4.83. The molecule has 7 nitrogen and oxygen atoms in total. The Hall–Kier alpha value is -3.21. The van der Waals surface area contributed by atoms with Gasteiger partial charge in [0.15, 0.2) is 5.65 Å². The first-order valence-electron chi connectivity index (χ1n) is 9.42. The SMILES string of the molecule is CC(C)[C@@H](NC(=O)c1cc(-c2cnn3cc(-c4cnn(C)c4)cnc23)cs1)C(F)(F)F. The maximum atomic E-state index is 13.2. The van der Waals surface area contributed by atoms with Crippen molar-refractivity contribution in [3.8, 4) is 22.3 Å². The van der Waals surface area contributed by atoms with Crippen molar-refractivity contribution < 1.29 is 18.0 Å². The van der Waals surface area contributed by atoms with Crippen LogP contribution in [0.4, 0.5) is 13.2 Å². The summed E-state index contributed by atoms with van der Waals surface area (Å²) >= 11 is 1.08. The molecule has 0 radical (unpaired) electrons. The fourth-order valence-corrected chi connectivity index (χ4v) is 4.04. The summed E-state index contributed by atoms with van der Waals surface area (Å²) in [5, 5.41) is 12.3. The monoisotopic (exact) mass is 448 g/mol. The summed E-state index contributed by atoms with van der Waals surface area (Å²) in [6, 6.07) is -0.350. The molecule has 0 unspecified atom stereocenters. The van der Waals surface area contributed by atoms with Crippen LogP contribution in [0, 0.1) is 5.92 Å². The molecule has 0 saturated carbocycles. The van der Waals surface area contributed by atoms with Crippen molar-refractivity contribution in [2.45, 2.75) is 26.1 Å². The van der Waals surface area contributed by atoms with Gasteiger partial charge in [-0.3, -0.25) is 9.48 Å². The fraction of sp³-hybridized carbons (Fsp3) is 0.300. The molecule has 0 fully saturated rings. The van der Waals surface area contributed by atoms with Gasteiger partial charge in [0.1, 0.15) is 6.04 Å². The van der Waals surface area contributed by atoms with E-state index in [1.54, 1.807) is 39.2 Å². The van der Waals surface area contributed by atoms with Gasteiger partial charge in [-0.2, -0.15) is 23.4 Å². The second-order valence-electron chi connectivity index (χ2n) is 7.51. The molecule has 1 amide bonds. The van der Waals surface area contributed by atoms with E-state index >= 15 is 0 Å². The molecule has 31 heavy (non-hydrogen) atoms. The van der Waals surface area contributed by atoms with E-state index in [-0.39, 0.29) is 4.88 Å². The van der Waals surface area contributed by atoms with E-state index in [9.17, 15) is 18.0 Å². The van der Waals surface area contributed by atoms with E-state index < -0.39 is 24.0 Å². The molecule has 4 aromatic rings. The number of hydrogen-bond acceptors (Lipinski definition) is 5. The molecule has 0 bridgehead atoms. The van der Waals surface area contributed by atoms with Gasteiger partial charge in [-0.05, 0) is 22.9 Å². The Morgan fingerprint density at radius 3 is 2.48 bits per heavy atom. The molecule has 4 heterocycles. The van der Waals surface area contributed by atoms with Crippen molar-refractivity contribution >= 4 is 22.9 Å². The summed E-state index contributed by atoms with van der Waals surface area (Å²) in [5.74, 6) is -1.53. The number of aryl methyl sites for hydroxylation is 1. The second kappa shape index (κ2) is 7.80. The highest BCUT2D eigenvalue weighted by molar-refractivity contribution is 7.12. The molecule has 11 heteroatoms. The van der Waals surface area contributed by atoms with Crippen molar-refractivity contribution in [2.24, 2.45) is 13.0 Å². The minimum atomic E-state index is -4.51. The van der Waals surface area contributed by atoms with Gasteiger partial charge in [0.25, 0.3) is 5.91 Å². The maximum Gasteiger partial charge on any atom is 0.408 e. The van der Waals surface area contributed by atoms with E-state index in [0.29, 0.717) is 16.8 Å². The molecule has 0 aliphatic heterocycles. The average molecular weight is 448 g/mol. The van der Waals surface area contributed by atoms with E-state index in [1.807, 2.05) is 19.4 Å². The normalized spacial score (nSPS) is 13.1. The van der Waals surface area contributed by atoms with Gasteiger partial charge in [0.05, 0.1) is 17.3 Å². The molecule has 0 aromatic carbocycles. The third kappa shape index (κ3) is 4.18. The van der Waals surface area contributed by atoms with Crippen molar-refractivity contribution in [3.05, 3.63) is 47.3 Å². The van der Waals surface area contributed by atoms with Crippen molar-refractivity contribution in [1.82, 2.24) is 29.7 Å². The Morgan fingerprint density at radius 1 is 1.10 bits per heavy atom. The molecule has 0 spiro atoms. The van der Waals surface area contributed by atoms with Crippen LogP contribution >= 0.6 is 11.3 Å². The van der Waals surface area contributed by atoms with Crippen LogP contribution < -0.4 is 5.32 Å². The molecule has 4 aromatic heterocycles. The maximum absolute atomic E-state index is 13.2. The van der Waals surface area contributed by atoms with Crippen molar-refractivity contribution in [3.63, 3.8) is 0 Å². The Bertz CT molecular complexity index is 1240. The van der Waals surface area contributed by atoms with E-state index in [0.717, 1.165) is 22.5 Å². The average Bonchev–Trinajstić information content (AvgIpc) is 3.42. The molecule has 162 valence electrons. The minimum Gasteiger partial charge on any atom is -0.339 e. The van der Waals surface area contributed by atoms with Gasteiger partial charge in [-0.15, -0.1) is 11.3 Å².